The third kappa shape index (κ3) is 9.94. The Kier molecular flexibility index (Phi) is 10.9. The molecule has 0 aliphatic rings. The fraction of sp³-hybridized carbons (Fsp3) is 0.625. The highest BCUT2D eigenvalue weighted by atomic mass is 35.5. The summed E-state index contributed by atoms with van der Waals surface area (Å²) in [6.45, 7) is 6.07. The van der Waals surface area contributed by atoms with E-state index >= 15 is 0 Å². The maximum absolute atomic E-state index is 9.80. The summed E-state index contributed by atoms with van der Waals surface area (Å²) in [5, 5.41) is 13.1. The zero-order valence-corrected chi connectivity index (χ0v) is 13.0. The van der Waals surface area contributed by atoms with E-state index < -0.39 is 0 Å². The second kappa shape index (κ2) is 11.3. The average Bonchev–Trinajstić information content (AvgIpc) is 2.35. The Morgan fingerprint density at radius 3 is 2.37 bits per heavy atom. The summed E-state index contributed by atoms with van der Waals surface area (Å²) in [4.78, 5) is 0. The lowest BCUT2D eigenvalue weighted by molar-refractivity contribution is 0.157. The van der Waals surface area contributed by atoms with Crippen molar-refractivity contribution in [1.29, 1.82) is 0 Å². The zero-order valence-electron chi connectivity index (χ0n) is 12.1. The normalized spacial score (nSPS) is 12.2. The van der Waals surface area contributed by atoms with Gasteiger partial charge in [-0.05, 0) is 37.3 Å². The van der Waals surface area contributed by atoms with Gasteiger partial charge in [-0.3, -0.25) is 0 Å². The number of unbranched alkanes of at least 4 members (excludes halogenated alkanes) is 1. The predicted molar refractivity (Wildman–Crippen MR) is 85.0 cm³/mol. The zero-order chi connectivity index (χ0) is 13.2. The lowest BCUT2D eigenvalue weighted by Gasteiger charge is -2.13. The number of aliphatic hydroxyl groups excluding tert-OH is 1. The Hall–Kier alpha value is -0.570. The van der Waals surface area contributed by atoms with Gasteiger partial charge in [-0.15, -0.1) is 12.4 Å². The van der Waals surface area contributed by atoms with Crippen LogP contribution in [0.5, 0.6) is 0 Å². The van der Waals surface area contributed by atoms with E-state index in [0.29, 0.717) is 5.92 Å². The van der Waals surface area contributed by atoms with Crippen LogP contribution >= 0.6 is 12.4 Å². The van der Waals surface area contributed by atoms with Crippen LogP contribution < -0.4 is 5.32 Å². The Bertz CT molecular complexity index is 303. The number of benzene rings is 1. The number of hydrogen-bond acceptors (Lipinski definition) is 2. The van der Waals surface area contributed by atoms with Crippen molar-refractivity contribution in [3.63, 3.8) is 0 Å². The average molecular weight is 286 g/mol. The highest BCUT2D eigenvalue weighted by Crippen LogP contribution is 2.07. The molecule has 2 nitrogen and oxygen atoms in total. The Labute approximate surface area is 124 Å². The minimum absolute atomic E-state index is 0. The molecule has 0 aliphatic heterocycles. The maximum Gasteiger partial charge on any atom is 0.0664 e. The fourth-order valence-electron chi connectivity index (χ4n) is 1.99. The minimum atomic E-state index is -0.195. The van der Waals surface area contributed by atoms with Crippen molar-refractivity contribution in [1.82, 2.24) is 5.32 Å². The first kappa shape index (κ1) is 18.4. The lowest BCUT2D eigenvalue weighted by atomic mass is 10.1. The second-order valence-electron chi connectivity index (χ2n) is 5.44. The van der Waals surface area contributed by atoms with Crippen LogP contribution in [0.25, 0.3) is 0 Å². The number of halogens is 1. The van der Waals surface area contributed by atoms with E-state index in [1.54, 1.807) is 0 Å². The molecule has 0 heterocycles. The SMILES string of the molecule is CC(C)CNCC(O)CCCCc1ccccc1.Cl. The molecule has 2 N–H and O–H groups in total. The third-order valence-electron chi connectivity index (χ3n) is 3.03. The van der Waals surface area contributed by atoms with E-state index in [0.717, 1.165) is 38.8 Å². The molecular weight excluding hydrogens is 258 g/mol. The van der Waals surface area contributed by atoms with Crippen LogP contribution in [0.15, 0.2) is 30.3 Å². The highest BCUT2D eigenvalue weighted by Gasteiger charge is 2.03. The molecule has 0 saturated heterocycles. The van der Waals surface area contributed by atoms with Gasteiger partial charge in [-0.1, -0.05) is 50.6 Å². The molecule has 1 rings (SSSR count). The minimum Gasteiger partial charge on any atom is -0.392 e. The van der Waals surface area contributed by atoms with Crippen molar-refractivity contribution in [2.24, 2.45) is 5.92 Å². The molecule has 3 heteroatoms. The molecule has 1 aromatic carbocycles. The van der Waals surface area contributed by atoms with Crippen LogP contribution in [-0.2, 0) is 6.42 Å². The molecule has 0 bridgehead atoms. The van der Waals surface area contributed by atoms with E-state index in [4.69, 9.17) is 0 Å². The summed E-state index contributed by atoms with van der Waals surface area (Å²) in [5.74, 6) is 0.648. The summed E-state index contributed by atoms with van der Waals surface area (Å²) in [6, 6.07) is 10.6. The molecule has 1 atom stereocenters. The Morgan fingerprint density at radius 1 is 1.05 bits per heavy atom. The summed E-state index contributed by atoms with van der Waals surface area (Å²) in [5.41, 5.74) is 1.39. The molecule has 110 valence electrons. The van der Waals surface area contributed by atoms with Crippen LogP contribution in [0.3, 0.4) is 0 Å². The Morgan fingerprint density at radius 2 is 1.74 bits per heavy atom. The van der Waals surface area contributed by atoms with Crippen molar-refractivity contribution in [3.05, 3.63) is 35.9 Å². The number of hydrogen-bond donors (Lipinski definition) is 2. The van der Waals surface area contributed by atoms with Crippen molar-refractivity contribution in [2.45, 2.75) is 45.6 Å². The van der Waals surface area contributed by atoms with Crippen LogP contribution in [0.4, 0.5) is 0 Å². The number of aryl methyl sites for hydroxylation is 1. The second-order valence-corrected chi connectivity index (χ2v) is 5.44. The monoisotopic (exact) mass is 285 g/mol. The van der Waals surface area contributed by atoms with Crippen LogP contribution in [0, 0.1) is 5.92 Å². The van der Waals surface area contributed by atoms with Gasteiger partial charge in [-0.2, -0.15) is 0 Å². The molecule has 1 unspecified atom stereocenters. The van der Waals surface area contributed by atoms with Gasteiger partial charge in [0, 0.05) is 6.54 Å². The molecule has 0 radical (unpaired) electrons. The first-order chi connectivity index (χ1) is 8.68. The van der Waals surface area contributed by atoms with Gasteiger partial charge in [0.1, 0.15) is 0 Å². The smallest absolute Gasteiger partial charge is 0.0664 e. The molecule has 0 aromatic heterocycles. The van der Waals surface area contributed by atoms with Crippen molar-refractivity contribution in [3.8, 4) is 0 Å². The third-order valence-corrected chi connectivity index (χ3v) is 3.03. The fourth-order valence-corrected chi connectivity index (χ4v) is 1.99. The number of nitrogens with one attached hydrogen (secondary N) is 1. The number of rotatable bonds is 9. The van der Waals surface area contributed by atoms with Gasteiger partial charge >= 0.3 is 0 Å². The molecule has 1 aromatic rings. The van der Waals surface area contributed by atoms with Crippen LogP contribution in [0.1, 0.15) is 38.7 Å². The first-order valence-corrected chi connectivity index (χ1v) is 7.11. The largest absolute Gasteiger partial charge is 0.392 e. The number of aliphatic hydroxyl groups is 1. The van der Waals surface area contributed by atoms with Gasteiger partial charge in [-0.25, -0.2) is 0 Å². The topological polar surface area (TPSA) is 32.3 Å². The quantitative estimate of drug-likeness (QED) is 0.682. The van der Waals surface area contributed by atoms with E-state index in [1.165, 1.54) is 5.56 Å². The first-order valence-electron chi connectivity index (χ1n) is 7.11. The summed E-state index contributed by atoms with van der Waals surface area (Å²) >= 11 is 0. The van der Waals surface area contributed by atoms with Crippen LogP contribution in [0.2, 0.25) is 0 Å². The van der Waals surface area contributed by atoms with Gasteiger partial charge in [0.25, 0.3) is 0 Å². The molecule has 0 aliphatic carbocycles. The maximum atomic E-state index is 9.80. The molecule has 19 heavy (non-hydrogen) atoms. The lowest BCUT2D eigenvalue weighted by Crippen LogP contribution is -2.29. The van der Waals surface area contributed by atoms with Crippen molar-refractivity contribution in [2.75, 3.05) is 13.1 Å². The van der Waals surface area contributed by atoms with Crippen LogP contribution in [-0.4, -0.2) is 24.3 Å². The van der Waals surface area contributed by atoms with Gasteiger partial charge in [0.05, 0.1) is 6.10 Å². The van der Waals surface area contributed by atoms with Gasteiger partial charge < -0.3 is 10.4 Å². The predicted octanol–water partition coefficient (Wildman–Crippen LogP) is 3.43. The van der Waals surface area contributed by atoms with E-state index in [-0.39, 0.29) is 18.5 Å². The van der Waals surface area contributed by atoms with Crippen molar-refractivity contribution >= 4 is 12.4 Å². The summed E-state index contributed by atoms with van der Waals surface area (Å²) in [7, 11) is 0. The highest BCUT2D eigenvalue weighted by molar-refractivity contribution is 5.85. The molecule has 0 fully saturated rings. The molecular formula is C16H28ClNO. The summed E-state index contributed by atoms with van der Waals surface area (Å²) < 4.78 is 0. The molecule has 0 amide bonds. The van der Waals surface area contributed by atoms with E-state index in [9.17, 15) is 5.11 Å². The molecule has 0 spiro atoms. The van der Waals surface area contributed by atoms with Gasteiger partial charge in [0.2, 0.25) is 0 Å². The standard InChI is InChI=1S/C16H27NO.ClH/c1-14(2)12-17-13-16(18)11-7-6-10-15-8-4-3-5-9-15;/h3-5,8-9,14,16-18H,6-7,10-13H2,1-2H3;1H. The molecule has 0 saturated carbocycles. The van der Waals surface area contributed by atoms with Gasteiger partial charge in [0.15, 0.2) is 0 Å². The van der Waals surface area contributed by atoms with E-state index in [2.05, 4.69) is 43.4 Å². The summed E-state index contributed by atoms with van der Waals surface area (Å²) in [6.07, 6.45) is 4.08. The van der Waals surface area contributed by atoms with E-state index in [1.807, 2.05) is 6.07 Å². The van der Waals surface area contributed by atoms with Crippen molar-refractivity contribution < 1.29 is 5.11 Å². The Balaban J connectivity index is 0.00000324.